The molecule has 0 radical (unpaired) electrons. The third-order valence-electron chi connectivity index (χ3n) is 3.04. The van der Waals surface area contributed by atoms with Crippen molar-refractivity contribution in [3.05, 3.63) is 29.3 Å². The van der Waals surface area contributed by atoms with Crippen molar-refractivity contribution < 1.29 is 9.64 Å². The summed E-state index contributed by atoms with van der Waals surface area (Å²) in [5, 5.41) is 0. The normalized spacial score (nSPS) is 10.8. The first-order valence-corrected chi connectivity index (χ1v) is 6.21. The average molecular weight is 222 g/mol. The van der Waals surface area contributed by atoms with Gasteiger partial charge in [0.05, 0.1) is 13.1 Å². The maximum absolute atomic E-state index is 5.81. The van der Waals surface area contributed by atoms with E-state index in [-0.39, 0.29) is 0 Å². The van der Waals surface area contributed by atoms with Gasteiger partial charge in [-0.25, -0.2) is 0 Å². The van der Waals surface area contributed by atoms with Gasteiger partial charge in [0.25, 0.3) is 0 Å². The zero-order valence-electron chi connectivity index (χ0n) is 11.0. The van der Waals surface area contributed by atoms with E-state index in [0.29, 0.717) is 0 Å². The van der Waals surface area contributed by atoms with Crippen molar-refractivity contribution in [3.8, 4) is 5.75 Å². The third kappa shape index (κ3) is 3.86. The van der Waals surface area contributed by atoms with Crippen LogP contribution in [0.25, 0.3) is 0 Å². The Morgan fingerprint density at radius 1 is 1.12 bits per heavy atom. The first-order chi connectivity index (χ1) is 7.67. The Labute approximate surface area is 99.2 Å². The molecular weight excluding hydrogens is 198 g/mol. The molecule has 0 amide bonds. The quantitative estimate of drug-likeness (QED) is 0.772. The molecule has 0 bridgehead atoms. The van der Waals surface area contributed by atoms with E-state index in [1.165, 1.54) is 24.2 Å². The summed E-state index contributed by atoms with van der Waals surface area (Å²) < 4.78 is 5.81. The molecule has 0 aliphatic heterocycles. The number of hydrogen-bond acceptors (Lipinski definition) is 1. The van der Waals surface area contributed by atoms with E-state index < -0.39 is 0 Å². The number of nitrogens with one attached hydrogen (secondary N) is 1. The van der Waals surface area contributed by atoms with Gasteiger partial charge < -0.3 is 9.64 Å². The first kappa shape index (κ1) is 13.0. The molecule has 0 aliphatic rings. The van der Waals surface area contributed by atoms with Gasteiger partial charge in [-0.05, 0) is 39.3 Å². The summed E-state index contributed by atoms with van der Waals surface area (Å²) in [7, 11) is 0. The molecule has 0 aromatic heterocycles. The predicted octanol–water partition coefficient (Wildman–Crippen LogP) is 1.61. The van der Waals surface area contributed by atoms with Crippen LogP contribution in [0.3, 0.4) is 0 Å². The van der Waals surface area contributed by atoms with Crippen molar-refractivity contribution in [2.24, 2.45) is 0 Å². The monoisotopic (exact) mass is 222 g/mol. The maximum atomic E-state index is 5.81. The lowest BCUT2D eigenvalue weighted by Gasteiger charge is -2.16. The van der Waals surface area contributed by atoms with Crippen LogP contribution in [-0.4, -0.2) is 26.2 Å². The lowest BCUT2D eigenvalue weighted by atomic mass is 10.1. The highest BCUT2D eigenvalue weighted by molar-refractivity contribution is 5.35. The number of benzene rings is 1. The molecular formula is C14H24NO+. The summed E-state index contributed by atoms with van der Waals surface area (Å²) in [6, 6.07) is 6.34. The topological polar surface area (TPSA) is 13.7 Å². The SMILES string of the molecule is CC[NH+](CC)CCOc1ccc(C)cc1C. The maximum Gasteiger partial charge on any atom is 0.137 e. The van der Waals surface area contributed by atoms with Crippen LogP contribution in [0.15, 0.2) is 18.2 Å². The number of ether oxygens (including phenoxy) is 1. The minimum absolute atomic E-state index is 0.806. The molecule has 0 heterocycles. The van der Waals surface area contributed by atoms with Crippen molar-refractivity contribution in [2.75, 3.05) is 26.2 Å². The van der Waals surface area contributed by atoms with Gasteiger partial charge in [0.15, 0.2) is 0 Å². The number of hydrogen-bond donors (Lipinski definition) is 1. The van der Waals surface area contributed by atoms with Crippen molar-refractivity contribution in [2.45, 2.75) is 27.7 Å². The Bertz CT molecular complexity index is 319. The van der Waals surface area contributed by atoms with Gasteiger partial charge in [0, 0.05) is 0 Å². The zero-order chi connectivity index (χ0) is 12.0. The van der Waals surface area contributed by atoms with Crippen LogP contribution in [0.1, 0.15) is 25.0 Å². The summed E-state index contributed by atoms with van der Waals surface area (Å²) in [6.45, 7) is 12.9. The van der Waals surface area contributed by atoms with Gasteiger partial charge in [-0.15, -0.1) is 0 Å². The Morgan fingerprint density at radius 2 is 1.81 bits per heavy atom. The fourth-order valence-corrected chi connectivity index (χ4v) is 1.87. The molecule has 2 heteroatoms. The number of quaternary nitrogens is 1. The van der Waals surface area contributed by atoms with Crippen LogP contribution in [-0.2, 0) is 0 Å². The summed E-state index contributed by atoms with van der Waals surface area (Å²) in [6.07, 6.45) is 0. The van der Waals surface area contributed by atoms with E-state index in [0.717, 1.165) is 18.9 Å². The van der Waals surface area contributed by atoms with Crippen LogP contribution in [0.5, 0.6) is 5.75 Å². The molecule has 16 heavy (non-hydrogen) atoms. The van der Waals surface area contributed by atoms with E-state index in [1.807, 2.05) is 0 Å². The van der Waals surface area contributed by atoms with Crippen LogP contribution >= 0.6 is 0 Å². The van der Waals surface area contributed by atoms with Crippen molar-refractivity contribution in [1.29, 1.82) is 0 Å². The smallest absolute Gasteiger partial charge is 0.137 e. The van der Waals surface area contributed by atoms with Crippen LogP contribution in [0.4, 0.5) is 0 Å². The van der Waals surface area contributed by atoms with Crippen LogP contribution < -0.4 is 9.64 Å². The molecule has 1 N–H and O–H groups in total. The number of likely N-dealkylation sites (N-methyl/N-ethyl adjacent to an activating group) is 1. The molecule has 0 unspecified atom stereocenters. The molecule has 0 spiro atoms. The zero-order valence-corrected chi connectivity index (χ0v) is 11.0. The minimum Gasteiger partial charge on any atom is -0.487 e. The van der Waals surface area contributed by atoms with Crippen molar-refractivity contribution in [3.63, 3.8) is 0 Å². The third-order valence-corrected chi connectivity index (χ3v) is 3.04. The largest absolute Gasteiger partial charge is 0.487 e. The molecule has 0 aliphatic carbocycles. The molecule has 1 aromatic rings. The summed E-state index contributed by atoms with van der Waals surface area (Å²) in [5.74, 6) is 1.03. The minimum atomic E-state index is 0.806. The number of aryl methyl sites for hydroxylation is 2. The second kappa shape index (κ2) is 6.54. The molecule has 1 rings (SSSR count). The van der Waals surface area contributed by atoms with Crippen molar-refractivity contribution >= 4 is 0 Å². The second-order valence-corrected chi connectivity index (χ2v) is 4.32. The molecule has 90 valence electrons. The Morgan fingerprint density at radius 3 is 2.38 bits per heavy atom. The lowest BCUT2D eigenvalue weighted by Crippen LogP contribution is -3.12. The van der Waals surface area contributed by atoms with Gasteiger partial charge in [-0.1, -0.05) is 17.7 Å². The molecule has 0 atom stereocenters. The average Bonchev–Trinajstić information content (AvgIpc) is 2.27. The standard InChI is InChI=1S/C14H23NO/c1-5-15(6-2)9-10-16-14-8-7-12(3)11-13(14)4/h7-8,11H,5-6,9-10H2,1-4H3/p+1. The van der Waals surface area contributed by atoms with Gasteiger partial charge in [-0.2, -0.15) is 0 Å². The molecule has 0 saturated heterocycles. The molecule has 1 aromatic carbocycles. The first-order valence-electron chi connectivity index (χ1n) is 6.21. The lowest BCUT2D eigenvalue weighted by molar-refractivity contribution is -0.896. The van der Waals surface area contributed by atoms with E-state index in [1.54, 1.807) is 4.90 Å². The van der Waals surface area contributed by atoms with Crippen LogP contribution in [0, 0.1) is 13.8 Å². The Hall–Kier alpha value is -1.02. The van der Waals surface area contributed by atoms with Gasteiger partial charge in [-0.3, -0.25) is 0 Å². The van der Waals surface area contributed by atoms with Gasteiger partial charge in [0.2, 0.25) is 0 Å². The summed E-state index contributed by atoms with van der Waals surface area (Å²) in [4.78, 5) is 1.59. The van der Waals surface area contributed by atoms with Gasteiger partial charge >= 0.3 is 0 Å². The highest BCUT2D eigenvalue weighted by Crippen LogP contribution is 2.18. The molecule has 2 nitrogen and oxygen atoms in total. The Kier molecular flexibility index (Phi) is 5.33. The van der Waals surface area contributed by atoms with E-state index >= 15 is 0 Å². The molecule has 0 fully saturated rings. The number of rotatable bonds is 6. The highest BCUT2D eigenvalue weighted by atomic mass is 16.5. The summed E-state index contributed by atoms with van der Waals surface area (Å²) >= 11 is 0. The van der Waals surface area contributed by atoms with E-state index in [2.05, 4.69) is 45.9 Å². The fraction of sp³-hybridized carbons (Fsp3) is 0.571. The highest BCUT2D eigenvalue weighted by Gasteiger charge is 2.04. The molecule has 0 saturated carbocycles. The van der Waals surface area contributed by atoms with E-state index in [4.69, 9.17) is 4.74 Å². The second-order valence-electron chi connectivity index (χ2n) is 4.32. The van der Waals surface area contributed by atoms with Crippen LogP contribution in [0.2, 0.25) is 0 Å². The summed E-state index contributed by atoms with van der Waals surface area (Å²) in [5.41, 5.74) is 2.52. The van der Waals surface area contributed by atoms with Gasteiger partial charge in [0.1, 0.15) is 18.9 Å². The fourth-order valence-electron chi connectivity index (χ4n) is 1.87. The Balaban J connectivity index is 2.42. The van der Waals surface area contributed by atoms with E-state index in [9.17, 15) is 0 Å². The predicted molar refractivity (Wildman–Crippen MR) is 68.3 cm³/mol. The van der Waals surface area contributed by atoms with Crippen molar-refractivity contribution in [1.82, 2.24) is 0 Å².